The SMILES string of the molecule is COc1cc(Cl)cc(C2CC(CN)CN2C)c1Cl. The molecule has 3 nitrogen and oxygen atoms in total. The summed E-state index contributed by atoms with van der Waals surface area (Å²) < 4.78 is 5.25. The lowest BCUT2D eigenvalue weighted by Crippen LogP contribution is -2.20. The molecule has 1 saturated heterocycles. The van der Waals surface area contributed by atoms with E-state index in [9.17, 15) is 0 Å². The standard InChI is InChI=1S/C13H18Cl2N2O/c1-17-7-8(6-16)3-11(17)10-4-9(14)5-12(18-2)13(10)15/h4-5,8,11H,3,6-7,16H2,1-2H3. The Morgan fingerprint density at radius 2 is 2.17 bits per heavy atom. The van der Waals surface area contributed by atoms with Gasteiger partial charge in [0, 0.05) is 23.7 Å². The Morgan fingerprint density at radius 3 is 2.72 bits per heavy atom. The summed E-state index contributed by atoms with van der Waals surface area (Å²) in [7, 11) is 3.69. The fraction of sp³-hybridized carbons (Fsp3) is 0.538. The zero-order valence-corrected chi connectivity index (χ0v) is 12.1. The molecule has 0 spiro atoms. The number of hydrogen-bond acceptors (Lipinski definition) is 3. The van der Waals surface area contributed by atoms with E-state index in [2.05, 4.69) is 11.9 Å². The molecule has 1 heterocycles. The van der Waals surface area contributed by atoms with E-state index in [0.717, 1.165) is 18.5 Å². The molecular weight excluding hydrogens is 271 g/mol. The van der Waals surface area contributed by atoms with Crippen LogP contribution in [0.2, 0.25) is 10.0 Å². The lowest BCUT2D eigenvalue weighted by molar-refractivity contribution is 0.312. The summed E-state index contributed by atoms with van der Waals surface area (Å²) in [5, 5.41) is 1.30. The predicted octanol–water partition coefficient (Wildman–Crippen LogP) is 2.95. The average molecular weight is 289 g/mol. The smallest absolute Gasteiger partial charge is 0.139 e. The van der Waals surface area contributed by atoms with Gasteiger partial charge >= 0.3 is 0 Å². The lowest BCUT2D eigenvalue weighted by Gasteiger charge is -2.22. The third-order valence-corrected chi connectivity index (χ3v) is 4.20. The molecule has 0 aliphatic carbocycles. The van der Waals surface area contributed by atoms with Crippen molar-refractivity contribution in [3.05, 3.63) is 27.7 Å². The maximum Gasteiger partial charge on any atom is 0.139 e. The zero-order chi connectivity index (χ0) is 13.3. The molecule has 2 rings (SSSR count). The summed E-state index contributed by atoms with van der Waals surface area (Å²) in [6.07, 6.45) is 1.01. The third-order valence-electron chi connectivity index (χ3n) is 3.58. The lowest BCUT2D eigenvalue weighted by atomic mass is 9.99. The number of methoxy groups -OCH3 is 1. The highest BCUT2D eigenvalue weighted by Crippen LogP contribution is 2.42. The summed E-state index contributed by atoms with van der Waals surface area (Å²) in [4.78, 5) is 2.27. The molecule has 2 atom stereocenters. The van der Waals surface area contributed by atoms with Crippen LogP contribution in [0.1, 0.15) is 18.0 Å². The first-order chi connectivity index (χ1) is 8.56. The van der Waals surface area contributed by atoms with Crippen LogP contribution in [0, 0.1) is 5.92 Å². The van der Waals surface area contributed by atoms with E-state index in [4.69, 9.17) is 33.7 Å². The first kappa shape index (κ1) is 13.9. The Balaban J connectivity index is 2.36. The number of hydrogen-bond donors (Lipinski definition) is 1. The molecule has 0 saturated carbocycles. The van der Waals surface area contributed by atoms with Gasteiger partial charge in [0.05, 0.1) is 12.1 Å². The molecular formula is C13H18Cl2N2O. The van der Waals surface area contributed by atoms with Crippen molar-refractivity contribution >= 4 is 23.2 Å². The van der Waals surface area contributed by atoms with Gasteiger partial charge in [-0.25, -0.2) is 0 Å². The first-order valence-electron chi connectivity index (χ1n) is 6.00. The Bertz CT molecular complexity index is 439. The Labute approximate surface area is 118 Å². The van der Waals surface area contributed by atoms with Gasteiger partial charge in [0.1, 0.15) is 5.75 Å². The van der Waals surface area contributed by atoms with Crippen molar-refractivity contribution in [3.8, 4) is 5.75 Å². The van der Waals surface area contributed by atoms with Crippen LogP contribution in [0.15, 0.2) is 12.1 Å². The first-order valence-corrected chi connectivity index (χ1v) is 6.75. The van der Waals surface area contributed by atoms with Crippen LogP contribution in [-0.4, -0.2) is 32.1 Å². The van der Waals surface area contributed by atoms with Crippen LogP contribution in [0.5, 0.6) is 5.75 Å². The minimum Gasteiger partial charge on any atom is -0.495 e. The van der Waals surface area contributed by atoms with Crippen molar-refractivity contribution in [2.45, 2.75) is 12.5 Å². The van der Waals surface area contributed by atoms with Crippen LogP contribution < -0.4 is 10.5 Å². The summed E-state index contributed by atoms with van der Waals surface area (Å²) in [6.45, 7) is 1.70. The maximum atomic E-state index is 6.38. The number of nitrogens with two attached hydrogens (primary N) is 1. The average Bonchev–Trinajstić information content (AvgIpc) is 2.73. The van der Waals surface area contributed by atoms with E-state index in [0.29, 0.717) is 28.3 Å². The summed E-state index contributed by atoms with van der Waals surface area (Å²) in [5.41, 5.74) is 6.78. The van der Waals surface area contributed by atoms with E-state index in [1.54, 1.807) is 13.2 Å². The van der Waals surface area contributed by atoms with E-state index in [1.807, 2.05) is 6.07 Å². The van der Waals surface area contributed by atoms with Crippen molar-refractivity contribution in [1.29, 1.82) is 0 Å². The molecule has 18 heavy (non-hydrogen) atoms. The number of halogens is 2. The molecule has 0 bridgehead atoms. The van der Waals surface area contributed by atoms with Gasteiger partial charge in [0.2, 0.25) is 0 Å². The van der Waals surface area contributed by atoms with Gasteiger partial charge in [-0.1, -0.05) is 23.2 Å². The third kappa shape index (κ3) is 2.59. The number of nitrogens with zero attached hydrogens (tertiary/aromatic N) is 1. The molecule has 0 amide bonds. The van der Waals surface area contributed by atoms with Crippen molar-refractivity contribution < 1.29 is 4.74 Å². The topological polar surface area (TPSA) is 38.5 Å². The molecule has 0 aromatic heterocycles. The highest BCUT2D eigenvalue weighted by Gasteiger charge is 2.31. The van der Waals surface area contributed by atoms with E-state index >= 15 is 0 Å². The second-order valence-electron chi connectivity index (χ2n) is 4.80. The Morgan fingerprint density at radius 1 is 1.44 bits per heavy atom. The summed E-state index contributed by atoms with van der Waals surface area (Å²) in [5.74, 6) is 1.14. The van der Waals surface area contributed by atoms with Gasteiger partial charge in [-0.05, 0) is 37.6 Å². The monoisotopic (exact) mass is 288 g/mol. The fourth-order valence-electron chi connectivity index (χ4n) is 2.62. The number of ether oxygens (including phenoxy) is 1. The highest BCUT2D eigenvalue weighted by molar-refractivity contribution is 6.35. The van der Waals surface area contributed by atoms with Gasteiger partial charge < -0.3 is 10.5 Å². The van der Waals surface area contributed by atoms with Crippen molar-refractivity contribution in [3.63, 3.8) is 0 Å². The van der Waals surface area contributed by atoms with Crippen LogP contribution in [0.4, 0.5) is 0 Å². The molecule has 2 unspecified atom stereocenters. The van der Waals surface area contributed by atoms with E-state index in [1.165, 1.54) is 0 Å². The maximum absolute atomic E-state index is 6.38. The quantitative estimate of drug-likeness (QED) is 0.929. The molecule has 1 fully saturated rings. The highest BCUT2D eigenvalue weighted by atomic mass is 35.5. The number of rotatable bonds is 3. The molecule has 2 N–H and O–H groups in total. The van der Waals surface area contributed by atoms with Crippen molar-refractivity contribution in [2.24, 2.45) is 11.7 Å². The molecule has 5 heteroatoms. The summed E-state index contributed by atoms with van der Waals surface area (Å²) >= 11 is 12.5. The second kappa shape index (κ2) is 5.66. The minimum absolute atomic E-state index is 0.263. The Kier molecular flexibility index (Phi) is 4.38. The second-order valence-corrected chi connectivity index (χ2v) is 5.62. The molecule has 1 aliphatic rings. The van der Waals surface area contributed by atoms with Crippen LogP contribution in [0.3, 0.4) is 0 Å². The van der Waals surface area contributed by atoms with Gasteiger partial charge in [0.25, 0.3) is 0 Å². The molecule has 1 aromatic carbocycles. The van der Waals surface area contributed by atoms with Crippen LogP contribution in [0.25, 0.3) is 0 Å². The van der Waals surface area contributed by atoms with Crippen molar-refractivity contribution in [1.82, 2.24) is 4.90 Å². The van der Waals surface area contributed by atoms with Crippen LogP contribution >= 0.6 is 23.2 Å². The van der Waals surface area contributed by atoms with Crippen LogP contribution in [-0.2, 0) is 0 Å². The van der Waals surface area contributed by atoms with Gasteiger partial charge in [-0.15, -0.1) is 0 Å². The van der Waals surface area contributed by atoms with Gasteiger partial charge in [-0.3, -0.25) is 4.90 Å². The van der Waals surface area contributed by atoms with Crippen molar-refractivity contribution in [2.75, 3.05) is 27.2 Å². The van der Waals surface area contributed by atoms with E-state index in [-0.39, 0.29) is 6.04 Å². The number of likely N-dealkylation sites (tertiary alicyclic amines) is 1. The normalized spacial score (nSPS) is 24.5. The molecule has 1 aliphatic heterocycles. The predicted molar refractivity (Wildman–Crippen MR) is 75.5 cm³/mol. The summed E-state index contributed by atoms with van der Waals surface area (Å²) in [6, 6.07) is 3.92. The molecule has 100 valence electrons. The minimum atomic E-state index is 0.263. The fourth-order valence-corrected chi connectivity index (χ4v) is 3.14. The largest absolute Gasteiger partial charge is 0.495 e. The Hall–Kier alpha value is -0.480. The van der Waals surface area contributed by atoms with Gasteiger partial charge in [0.15, 0.2) is 0 Å². The zero-order valence-electron chi connectivity index (χ0n) is 10.6. The molecule has 1 aromatic rings. The molecule has 0 radical (unpaired) electrons. The number of benzene rings is 1. The van der Waals surface area contributed by atoms with E-state index < -0.39 is 0 Å². The van der Waals surface area contributed by atoms with Gasteiger partial charge in [-0.2, -0.15) is 0 Å².